The number of sulfonamides is 1. The zero-order valence-electron chi connectivity index (χ0n) is 9.99. The van der Waals surface area contributed by atoms with Gasteiger partial charge in [-0.25, -0.2) is 8.42 Å². The maximum Gasteiger partial charge on any atom is 0.307 e. The van der Waals surface area contributed by atoms with E-state index >= 15 is 0 Å². The van der Waals surface area contributed by atoms with Crippen LogP contribution in [-0.2, 0) is 14.8 Å². The van der Waals surface area contributed by atoms with Crippen LogP contribution < -0.4 is 0 Å². The number of piperidine rings is 1. The molecular weight excluding hydrogens is 336 g/mol. The highest BCUT2D eigenvalue weighted by Crippen LogP contribution is 2.24. The first kappa shape index (κ1) is 14.4. The molecular formula is C11H13BrN2O4S. The van der Waals surface area contributed by atoms with Gasteiger partial charge in [0.2, 0.25) is 10.0 Å². The minimum absolute atomic E-state index is 0.0180. The second-order valence-electron chi connectivity index (χ2n) is 4.38. The Hall–Kier alpha value is -0.990. The van der Waals surface area contributed by atoms with Crippen LogP contribution >= 0.6 is 15.9 Å². The average Bonchev–Trinajstić information content (AvgIpc) is 2.39. The topological polar surface area (TPSA) is 87.6 Å². The maximum atomic E-state index is 12.4. The van der Waals surface area contributed by atoms with Crippen molar-refractivity contribution in [3.63, 3.8) is 0 Å². The van der Waals surface area contributed by atoms with Crippen LogP contribution in [0.1, 0.15) is 12.8 Å². The summed E-state index contributed by atoms with van der Waals surface area (Å²) in [5.74, 6) is -1.59. The summed E-state index contributed by atoms with van der Waals surface area (Å²) < 4.78 is 26.6. The molecule has 6 nitrogen and oxygen atoms in total. The number of carboxylic acids is 1. The van der Waals surface area contributed by atoms with E-state index in [4.69, 9.17) is 5.11 Å². The van der Waals surface area contributed by atoms with Crippen LogP contribution in [0.15, 0.2) is 27.8 Å². The first-order chi connectivity index (χ1) is 8.91. The molecule has 1 saturated heterocycles. The average molecular weight is 349 g/mol. The van der Waals surface area contributed by atoms with Crippen LogP contribution in [0.2, 0.25) is 0 Å². The van der Waals surface area contributed by atoms with Gasteiger partial charge in [0.25, 0.3) is 0 Å². The molecule has 0 spiro atoms. The van der Waals surface area contributed by atoms with Gasteiger partial charge < -0.3 is 5.11 Å². The van der Waals surface area contributed by atoms with Crippen LogP contribution in [0.25, 0.3) is 0 Å². The third-order valence-corrected chi connectivity index (χ3v) is 5.32. The lowest BCUT2D eigenvalue weighted by molar-refractivity contribution is -0.142. The van der Waals surface area contributed by atoms with Gasteiger partial charge in [0, 0.05) is 30.0 Å². The van der Waals surface area contributed by atoms with E-state index in [-0.39, 0.29) is 11.4 Å². The van der Waals surface area contributed by atoms with E-state index in [0.29, 0.717) is 23.9 Å². The molecule has 0 aromatic carbocycles. The first-order valence-electron chi connectivity index (χ1n) is 5.75. The minimum atomic E-state index is -3.67. The van der Waals surface area contributed by atoms with Crippen molar-refractivity contribution in [2.45, 2.75) is 17.7 Å². The lowest BCUT2D eigenvalue weighted by atomic mass is 10.0. The number of carboxylic acid groups (broad SMARTS) is 1. The summed E-state index contributed by atoms with van der Waals surface area (Å²) in [6.45, 7) is 0.364. The van der Waals surface area contributed by atoms with E-state index in [2.05, 4.69) is 20.9 Å². The Kier molecular flexibility index (Phi) is 4.22. The molecule has 1 aliphatic heterocycles. The summed E-state index contributed by atoms with van der Waals surface area (Å²) in [6.07, 6.45) is 3.83. The monoisotopic (exact) mass is 348 g/mol. The molecule has 0 saturated carbocycles. The molecule has 1 fully saturated rings. The molecule has 1 unspecified atom stereocenters. The van der Waals surface area contributed by atoms with Crippen molar-refractivity contribution in [3.05, 3.63) is 22.9 Å². The van der Waals surface area contributed by atoms with Gasteiger partial charge in [-0.3, -0.25) is 9.78 Å². The molecule has 0 aliphatic carbocycles. The van der Waals surface area contributed by atoms with Gasteiger partial charge in [-0.2, -0.15) is 4.31 Å². The lowest BCUT2D eigenvalue weighted by Gasteiger charge is -2.29. The summed E-state index contributed by atoms with van der Waals surface area (Å²) >= 11 is 3.17. The Morgan fingerprint density at radius 3 is 2.84 bits per heavy atom. The van der Waals surface area contributed by atoms with Crippen LogP contribution in [0.3, 0.4) is 0 Å². The normalized spacial score (nSPS) is 21.2. The third kappa shape index (κ3) is 3.13. The molecule has 0 bridgehead atoms. The Labute approximate surface area is 119 Å². The van der Waals surface area contributed by atoms with Crippen molar-refractivity contribution in [1.29, 1.82) is 0 Å². The van der Waals surface area contributed by atoms with E-state index in [0.717, 1.165) is 0 Å². The zero-order chi connectivity index (χ0) is 14.0. The highest BCUT2D eigenvalue weighted by molar-refractivity contribution is 9.10. The third-order valence-electron chi connectivity index (χ3n) is 3.05. The molecule has 19 heavy (non-hydrogen) atoms. The summed E-state index contributed by atoms with van der Waals surface area (Å²) in [4.78, 5) is 14.9. The van der Waals surface area contributed by atoms with Crippen molar-refractivity contribution in [2.75, 3.05) is 13.1 Å². The number of aliphatic carboxylic acids is 1. The van der Waals surface area contributed by atoms with Crippen molar-refractivity contribution >= 4 is 31.9 Å². The van der Waals surface area contributed by atoms with E-state index in [1.807, 2.05) is 0 Å². The Morgan fingerprint density at radius 2 is 2.21 bits per heavy atom. The van der Waals surface area contributed by atoms with Crippen molar-refractivity contribution in [2.24, 2.45) is 5.92 Å². The van der Waals surface area contributed by atoms with Gasteiger partial charge in [-0.05, 0) is 34.8 Å². The number of nitrogens with zero attached hydrogens (tertiary/aromatic N) is 2. The number of rotatable bonds is 3. The summed E-state index contributed by atoms with van der Waals surface area (Å²) in [5, 5.41) is 9.00. The molecule has 0 radical (unpaired) electrons. The van der Waals surface area contributed by atoms with E-state index in [1.54, 1.807) is 0 Å². The van der Waals surface area contributed by atoms with E-state index in [1.165, 1.54) is 22.8 Å². The summed E-state index contributed by atoms with van der Waals surface area (Å²) in [6, 6.07) is 1.46. The smallest absolute Gasteiger partial charge is 0.307 e. The predicted molar refractivity (Wildman–Crippen MR) is 71.1 cm³/mol. The highest BCUT2D eigenvalue weighted by Gasteiger charge is 2.33. The van der Waals surface area contributed by atoms with Crippen molar-refractivity contribution in [1.82, 2.24) is 9.29 Å². The predicted octanol–water partition coefficient (Wildman–Crippen LogP) is 1.33. The van der Waals surface area contributed by atoms with Crippen LogP contribution in [0.5, 0.6) is 0 Å². The van der Waals surface area contributed by atoms with Gasteiger partial charge in [0.1, 0.15) is 4.90 Å². The molecule has 1 aromatic heterocycles. The molecule has 8 heteroatoms. The fourth-order valence-corrected chi connectivity index (χ4v) is 4.07. The van der Waals surface area contributed by atoms with Crippen molar-refractivity contribution < 1.29 is 18.3 Å². The number of hydrogen-bond acceptors (Lipinski definition) is 4. The molecule has 1 aliphatic rings. The standard InChI is InChI=1S/C11H13BrN2O4S/c12-9-4-10(6-13-5-9)19(17,18)14-3-1-2-8(7-14)11(15)16/h4-6,8H,1-3,7H2,(H,15,16). The minimum Gasteiger partial charge on any atom is -0.481 e. The quantitative estimate of drug-likeness (QED) is 0.890. The molecule has 1 atom stereocenters. The molecule has 2 heterocycles. The molecule has 1 aromatic rings. The molecule has 1 N–H and O–H groups in total. The lowest BCUT2D eigenvalue weighted by Crippen LogP contribution is -2.42. The van der Waals surface area contributed by atoms with E-state index in [9.17, 15) is 13.2 Å². The highest BCUT2D eigenvalue weighted by atomic mass is 79.9. The number of halogens is 1. The number of aromatic nitrogens is 1. The SMILES string of the molecule is O=C(O)C1CCCN(S(=O)(=O)c2cncc(Br)c2)C1. The zero-order valence-corrected chi connectivity index (χ0v) is 12.4. The van der Waals surface area contributed by atoms with Gasteiger partial charge in [-0.15, -0.1) is 0 Å². The Morgan fingerprint density at radius 1 is 1.47 bits per heavy atom. The van der Waals surface area contributed by atoms with E-state index < -0.39 is 21.9 Å². The summed E-state index contributed by atoms with van der Waals surface area (Å²) in [5.41, 5.74) is 0. The first-order valence-corrected chi connectivity index (χ1v) is 7.98. The fourth-order valence-electron chi connectivity index (χ4n) is 2.04. The fraction of sp³-hybridized carbons (Fsp3) is 0.455. The second kappa shape index (κ2) is 5.56. The number of pyridine rings is 1. The maximum absolute atomic E-state index is 12.4. The second-order valence-corrected chi connectivity index (χ2v) is 7.23. The van der Waals surface area contributed by atoms with Crippen LogP contribution in [0, 0.1) is 5.92 Å². The van der Waals surface area contributed by atoms with Crippen LogP contribution in [0.4, 0.5) is 0 Å². The van der Waals surface area contributed by atoms with Gasteiger partial charge in [-0.1, -0.05) is 0 Å². The van der Waals surface area contributed by atoms with Gasteiger partial charge >= 0.3 is 5.97 Å². The van der Waals surface area contributed by atoms with Gasteiger partial charge in [0.15, 0.2) is 0 Å². The summed E-state index contributed by atoms with van der Waals surface area (Å²) in [7, 11) is -3.67. The largest absolute Gasteiger partial charge is 0.481 e. The molecule has 0 amide bonds. The number of hydrogen-bond donors (Lipinski definition) is 1. The van der Waals surface area contributed by atoms with Crippen LogP contribution in [-0.4, -0.2) is 41.9 Å². The molecule has 104 valence electrons. The molecule has 2 rings (SSSR count). The van der Waals surface area contributed by atoms with Gasteiger partial charge in [0.05, 0.1) is 5.92 Å². The Balaban J connectivity index is 2.27. The Bertz CT molecular complexity index is 590. The number of carbonyl (C=O) groups is 1. The van der Waals surface area contributed by atoms with Crippen molar-refractivity contribution in [3.8, 4) is 0 Å².